The molecule has 102 heavy (non-hydrogen) atoms. The molecule has 3 aliphatic rings. The summed E-state index contributed by atoms with van der Waals surface area (Å²) in [6, 6.07) is 26.7. The SMILES string of the molecule is Cc1cc([C@H](C(=O)N2C[C@H](O)C[C@H]2C(=O)CCc2ccc(-c3scnc3C)cc2)C(C)C)n[nH]1.Cc1cc([C@H](C(=O)N2C[C@H](O)C[C@H]2C(=O)CCc2ccc(-c3scnc3C)cc2)C(C)C)sn1.Cc1nnc([C@H](C(=O)N2C[C@H](O)C[C@H]2C(=O)CCc2ccc(-c3scnc3C)cc2)C(C)C)s1. The number of thiazole rings is 3. The van der Waals surface area contributed by atoms with E-state index in [1.54, 1.807) is 48.7 Å². The van der Waals surface area contributed by atoms with Crippen molar-refractivity contribution in [2.24, 2.45) is 17.8 Å². The van der Waals surface area contributed by atoms with Gasteiger partial charge in [-0.25, -0.2) is 15.0 Å². The number of ketones is 3. The maximum absolute atomic E-state index is 13.5. The van der Waals surface area contributed by atoms with Gasteiger partial charge in [0.15, 0.2) is 17.3 Å². The standard InChI is InChI=1S/C26H32N4O3S.C26H31N3O3S2.C25H30N4O3S2/c1-15(2)24(21-11-16(3)28-29-21)26(33)30-13-20(31)12-22(30)23(32)10-7-18-5-8-19(9-6-18)25-17(4)27-14-34-25;1-15(2)24(23-11-16(3)28-34-23)26(32)29-13-20(30)12-21(29)22(31)10-7-18-5-8-19(9-6-18)25-17(4)27-14-33-25;1-14(2)22(24-28-27-16(4)34-24)25(32)29-12-19(30)11-20(29)21(31)10-7-17-5-8-18(9-6-17)23-15(3)26-13-33-23/h5-6,8-9,11,14-15,20,22,24,31H,7,10,12-13H2,1-4H3,(H,28,29);5-6,8-9,11,14-15,20-21,24,30H,7,10,12-13H2,1-4H3;5-6,8-9,13-14,19-20,22,30H,7,10-12H2,1-4H3/t20-,22+,24-;20-,21+,24-;19-,20+,22-/m111/s1. The second-order valence-corrected chi connectivity index (χ2v) is 32.8. The highest BCUT2D eigenvalue weighted by Crippen LogP contribution is 2.38. The van der Waals surface area contributed by atoms with Crippen LogP contribution in [-0.4, -0.2) is 161 Å². The predicted molar refractivity (Wildman–Crippen MR) is 403 cm³/mol. The molecular formula is C77H93N11O9S5. The number of Topliss-reactive ketones (excluding diaryl/α,β-unsaturated/α-hetero) is 3. The molecule has 3 aliphatic heterocycles. The summed E-state index contributed by atoms with van der Waals surface area (Å²) in [7, 11) is 0. The lowest BCUT2D eigenvalue weighted by molar-refractivity contribution is -0.140. The van der Waals surface area contributed by atoms with Crippen LogP contribution in [0, 0.1) is 59.3 Å². The van der Waals surface area contributed by atoms with Crippen molar-refractivity contribution in [2.75, 3.05) is 19.6 Å². The number of β-amino-alcohol motifs (C(OH)–C–C–N with tert-alkyl or cyclic N) is 3. The van der Waals surface area contributed by atoms with Gasteiger partial charge >= 0.3 is 0 Å². The largest absolute Gasteiger partial charge is 0.391 e. The molecule has 20 nitrogen and oxygen atoms in total. The molecule has 0 spiro atoms. The molecule has 9 heterocycles. The van der Waals surface area contributed by atoms with Crippen molar-refractivity contribution in [3.8, 4) is 31.3 Å². The molecule has 12 rings (SSSR count). The lowest BCUT2D eigenvalue weighted by atomic mass is 9.90. The van der Waals surface area contributed by atoms with E-state index in [2.05, 4.69) is 88.3 Å². The minimum Gasteiger partial charge on any atom is -0.391 e. The van der Waals surface area contributed by atoms with Gasteiger partial charge < -0.3 is 30.0 Å². The van der Waals surface area contributed by atoms with E-state index in [9.17, 15) is 44.1 Å². The van der Waals surface area contributed by atoms with E-state index in [0.717, 1.165) is 86.4 Å². The minimum atomic E-state index is -0.691. The van der Waals surface area contributed by atoms with E-state index in [4.69, 9.17) is 0 Å². The molecule has 0 bridgehead atoms. The van der Waals surface area contributed by atoms with Gasteiger partial charge in [0.25, 0.3) is 0 Å². The highest BCUT2D eigenvalue weighted by Gasteiger charge is 2.45. The number of aromatic amines is 1. The average molecular weight is 1480 g/mol. The lowest BCUT2D eigenvalue weighted by Crippen LogP contribution is -2.44. The summed E-state index contributed by atoms with van der Waals surface area (Å²) in [5.74, 6) is -1.55. The Labute approximate surface area is 617 Å². The number of aromatic nitrogens is 8. The Bertz CT molecular complexity index is 3890. The fraction of sp³-hybridized carbons (Fsp3) is 0.468. The number of rotatable bonds is 24. The highest BCUT2D eigenvalue weighted by atomic mass is 32.1. The molecule has 25 heteroatoms. The molecule has 3 aromatic carbocycles. The first-order chi connectivity index (χ1) is 48.7. The van der Waals surface area contributed by atoms with Crippen molar-refractivity contribution in [1.29, 1.82) is 0 Å². The fourth-order valence-corrected chi connectivity index (χ4v) is 18.3. The van der Waals surface area contributed by atoms with Crippen molar-refractivity contribution in [1.82, 2.24) is 54.4 Å². The Kier molecular flexibility index (Phi) is 26.1. The molecule has 9 atom stereocenters. The molecule has 3 saturated heterocycles. The Hall–Kier alpha value is -7.75. The van der Waals surface area contributed by atoms with Crippen molar-refractivity contribution < 1.29 is 44.1 Å². The third kappa shape index (κ3) is 18.8. The third-order valence-corrected chi connectivity index (χ3v) is 24.1. The second kappa shape index (κ2) is 34.7. The van der Waals surface area contributed by atoms with Crippen molar-refractivity contribution in [3.05, 3.63) is 167 Å². The number of amides is 3. The van der Waals surface area contributed by atoms with Gasteiger partial charge in [-0.15, -0.1) is 55.5 Å². The Morgan fingerprint density at radius 3 is 1.15 bits per heavy atom. The highest BCUT2D eigenvalue weighted by molar-refractivity contribution is 7.14. The number of hydrogen-bond donors (Lipinski definition) is 4. The van der Waals surface area contributed by atoms with E-state index in [-0.39, 0.29) is 84.8 Å². The van der Waals surface area contributed by atoms with Crippen molar-refractivity contribution >= 4 is 92.0 Å². The Balaban J connectivity index is 0.000000165. The van der Waals surface area contributed by atoms with Crippen LogP contribution in [0.3, 0.4) is 0 Å². The molecule has 0 radical (unpaired) electrons. The van der Waals surface area contributed by atoms with Crippen molar-refractivity contribution in [2.45, 2.75) is 195 Å². The van der Waals surface area contributed by atoms with Gasteiger partial charge in [0.05, 0.1) is 114 Å². The summed E-state index contributed by atoms with van der Waals surface area (Å²) in [4.78, 5) is 102. The van der Waals surface area contributed by atoms with Crippen LogP contribution in [0.5, 0.6) is 0 Å². The van der Waals surface area contributed by atoms with Crippen LogP contribution >= 0.6 is 56.9 Å². The number of nitrogens with one attached hydrogen (secondary N) is 1. The summed E-state index contributed by atoms with van der Waals surface area (Å²) < 4.78 is 4.34. The molecule has 9 aromatic rings. The molecular weight excluding hydrogens is 1380 g/mol. The first-order valence-corrected chi connectivity index (χ1v) is 39.2. The third-order valence-electron chi connectivity index (χ3n) is 19.3. The molecule has 3 amide bonds. The van der Waals surface area contributed by atoms with Crippen LogP contribution in [0.1, 0.15) is 164 Å². The quantitative estimate of drug-likeness (QED) is 0.0437. The van der Waals surface area contributed by atoms with Gasteiger partial charge in [0.1, 0.15) is 10.0 Å². The van der Waals surface area contributed by atoms with Gasteiger partial charge in [-0.05, 0) is 136 Å². The summed E-state index contributed by atoms with van der Waals surface area (Å²) in [5, 5.41) is 47.9. The maximum atomic E-state index is 13.5. The zero-order valence-corrected chi connectivity index (χ0v) is 64.1. The Morgan fingerprint density at radius 1 is 0.490 bits per heavy atom. The van der Waals surface area contributed by atoms with E-state index in [0.29, 0.717) is 62.1 Å². The number of hydrogen-bond acceptors (Lipinski definition) is 21. The van der Waals surface area contributed by atoms with Gasteiger partial charge in [-0.2, -0.15) is 9.47 Å². The van der Waals surface area contributed by atoms with Gasteiger partial charge in [0, 0.05) is 68.7 Å². The molecule has 0 unspecified atom stereocenters. The van der Waals surface area contributed by atoms with Crippen molar-refractivity contribution in [3.63, 3.8) is 0 Å². The number of carbonyl (C=O) groups excluding carboxylic acids is 6. The zero-order chi connectivity index (χ0) is 73.2. The molecule has 0 aliphatic carbocycles. The molecule has 0 saturated carbocycles. The average Bonchev–Trinajstić information content (AvgIpc) is 1.62. The van der Waals surface area contributed by atoms with E-state index in [1.165, 1.54) is 22.9 Å². The number of aliphatic hydroxyl groups is 3. The first-order valence-electron chi connectivity index (χ1n) is 35.0. The van der Waals surface area contributed by atoms with E-state index in [1.807, 2.05) is 136 Å². The lowest BCUT2D eigenvalue weighted by Gasteiger charge is -2.29. The monoisotopic (exact) mass is 1480 g/mol. The summed E-state index contributed by atoms with van der Waals surface area (Å²) in [6.45, 7) is 24.2. The molecule has 4 N–H and O–H groups in total. The number of H-pyrrole nitrogens is 1. The fourth-order valence-electron chi connectivity index (χ4n) is 13.9. The minimum absolute atomic E-state index is 0.00649. The topological polar surface area (TPSA) is 279 Å². The number of nitrogens with zero attached hydrogens (tertiary/aromatic N) is 10. The van der Waals surface area contributed by atoms with Crippen LogP contribution < -0.4 is 0 Å². The number of benzene rings is 3. The van der Waals surface area contributed by atoms with Crippen LogP contribution in [-0.2, 0) is 48.0 Å². The number of likely N-dealkylation sites (tertiary alicyclic amines) is 3. The molecule has 3 fully saturated rings. The zero-order valence-electron chi connectivity index (χ0n) is 60.0. The van der Waals surface area contributed by atoms with E-state index < -0.39 is 48.3 Å². The maximum Gasteiger partial charge on any atom is 0.233 e. The molecule has 6 aromatic heterocycles. The molecule has 540 valence electrons. The second-order valence-electron chi connectivity index (χ2n) is 28.1. The smallest absolute Gasteiger partial charge is 0.233 e. The number of carbonyl (C=O) groups is 6. The van der Waals surface area contributed by atoms with Gasteiger partial charge in [0.2, 0.25) is 17.7 Å². The predicted octanol–water partition coefficient (Wildman–Crippen LogP) is 13.0. The Morgan fingerprint density at radius 2 is 0.853 bits per heavy atom. The van der Waals surface area contributed by atoms with Crippen LogP contribution in [0.25, 0.3) is 31.3 Å². The summed E-state index contributed by atoms with van der Waals surface area (Å²) in [5.41, 5.74) is 17.6. The van der Waals surface area contributed by atoms with E-state index >= 15 is 0 Å². The normalized spacial score (nSPS) is 19.1. The number of aliphatic hydroxyl groups excluding tert-OH is 3. The van der Waals surface area contributed by atoms with Gasteiger partial charge in [-0.3, -0.25) is 33.9 Å². The first kappa shape index (κ1) is 76.9. The van der Waals surface area contributed by atoms with Crippen LogP contribution in [0.2, 0.25) is 0 Å². The number of aryl methyl sites for hydroxylation is 9. The summed E-state index contributed by atoms with van der Waals surface area (Å²) >= 11 is 7.61. The van der Waals surface area contributed by atoms with Gasteiger partial charge in [-0.1, -0.05) is 114 Å². The summed E-state index contributed by atoms with van der Waals surface area (Å²) in [6.07, 6.45) is 1.63. The van der Waals surface area contributed by atoms with Crippen LogP contribution in [0.4, 0.5) is 0 Å². The van der Waals surface area contributed by atoms with Crippen LogP contribution in [0.15, 0.2) is 101 Å².